The topological polar surface area (TPSA) is 57.8 Å². The summed E-state index contributed by atoms with van der Waals surface area (Å²) >= 11 is 1.43. The van der Waals surface area contributed by atoms with Gasteiger partial charge in [-0.05, 0) is 29.6 Å². The molecule has 102 valence electrons. The number of nitrogens with one attached hydrogen (secondary N) is 2. The fourth-order valence-corrected chi connectivity index (χ4v) is 2.60. The molecule has 2 N–H and O–H groups in total. The van der Waals surface area contributed by atoms with Gasteiger partial charge in [0.05, 0.1) is 15.9 Å². The molecule has 0 bridgehead atoms. The van der Waals surface area contributed by atoms with Crippen LogP contribution in [0.5, 0.6) is 0 Å². The molecule has 0 spiro atoms. The van der Waals surface area contributed by atoms with Crippen molar-refractivity contribution in [2.45, 2.75) is 19.8 Å². The Morgan fingerprint density at radius 1 is 1.35 bits per heavy atom. The fourth-order valence-electron chi connectivity index (χ4n) is 1.98. The van der Waals surface area contributed by atoms with E-state index in [1.54, 1.807) is 0 Å². The van der Waals surface area contributed by atoms with E-state index in [4.69, 9.17) is 0 Å². The van der Waals surface area contributed by atoms with Crippen LogP contribution in [0.2, 0.25) is 0 Å². The number of amides is 1. The third-order valence-corrected chi connectivity index (χ3v) is 3.92. The van der Waals surface area contributed by atoms with E-state index in [9.17, 15) is 4.79 Å². The number of carbonyl (C=O) groups is 1. The number of aromatic amines is 1. The lowest BCUT2D eigenvalue weighted by molar-refractivity contribution is 0.103. The first-order chi connectivity index (χ1) is 9.63. The first kappa shape index (κ1) is 12.9. The second kappa shape index (κ2) is 5.09. The minimum atomic E-state index is -0.0806. The monoisotopic (exact) mass is 285 g/mol. The Hall–Kier alpha value is -2.14. The van der Waals surface area contributed by atoms with Crippen LogP contribution in [-0.2, 0) is 0 Å². The maximum Gasteiger partial charge on any atom is 0.265 e. The lowest BCUT2D eigenvalue weighted by Crippen LogP contribution is -2.09. The van der Waals surface area contributed by atoms with Crippen molar-refractivity contribution in [3.63, 3.8) is 0 Å². The zero-order valence-electron chi connectivity index (χ0n) is 11.3. The molecule has 0 unspecified atom stereocenters. The number of aromatic nitrogens is 2. The number of H-pyrrole nitrogens is 1. The SMILES string of the molecule is CC(C)c1nc2ccc(NC(=O)c3cccs3)cc2[nH]1. The van der Waals surface area contributed by atoms with Crippen LogP contribution in [0.15, 0.2) is 35.7 Å². The summed E-state index contributed by atoms with van der Waals surface area (Å²) in [6.07, 6.45) is 0. The van der Waals surface area contributed by atoms with Gasteiger partial charge in [0.1, 0.15) is 5.82 Å². The van der Waals surface area contributed by atoms with Gasteiger partial charge in [-0.3, -0.25) is 4.79 Å². The molecule has 3 aromatic rings. The maximum absolute atomic E-state index is 12.0. The van der Waals surface area contributed by atoms with Crippen LogP contribution in [0.3, 0.4) is 0 Å². The van der Waals surface area contributed by atoms with Gasteiger partial charge in [-0.25, -0.2) is 4.98 Å². The summed E-state index contributed by atoms with van der Waals surface area (Å²) in [7, 11) is 0. The van der Waals surface area contributed by atoms with E-state index < -0.39 is 0 Å². The first-order valence-electron chi connectivity index (χ1n) is 6.48. The lowest BCUT2D eigenvalue weighted by Gasteiger charge is -2.03. The zero-order valence-corrected chi connectivity index (χ0v) is 12.1. The van der Waals surface area contributed by atoms with E-state index in [1.807, 2.05) is 35.7 Å². The summed E-state index contributed by atoms with van der Waals surface area (Å²) in [4.78, 5) is 20.5. The molecule has 3 rings (SSSR count). The summed E-state index contributed by atoms with van der Waals surface area (Å²) in [5.41, 5.74) is 2.63. The van der Waals surface area contributed by atoms with E-state index in [0.29, 0.717) is 10.8 Å². The van der Waals surface area contributed by atoms with Crippen LogP contribution in [0.4, 0.5) is 5.69 Å². The number of benzene rings is 1. The molecular formula is C15H15N3OS. The Morgan fingerprint density at radius 2 is 2.20 bits per heavy atom. The molecule has 2 heterocycles. The number of anilines is 1. The highest BCUT2D eigenvalue weighted by Gasteiger charge is 2.09. The van der Waals surface area contributed by atoms with Crippen LogP contribution in [0.25, 0.3) is 11.0 Å². The van der Waals surface area contributed by atoms with Gasteiger partial charge < -0.3 is 10.3 Å². The quantitative estimate of drug-likeness (QED) is 0.764. The van der Waals surface area contributed by atoms with Crippen molar-refractivity contribution in [2.75, 3.05) is 5.32 Å². The van der Waals surface area contributed by atoms with Gasteiger partial charge in [-0.1, -0.05) is 19.9 Å². The third-order valence-electron chi connectivity index (χ3n) is 3.05. The van der Waals surface area contributed by atoms with Gasteiger partial charge >= 0.3 is 0 Å². The van der Waals surface area contributed by atoms with E-state index in [-0.39, 0.29) is 5.91 Å². The molecule has 0 saturated heterocycles. The Bertz CT molecular complexity index is 744. The van der Waals surface area contributed by atoms with Gasteiger partial charge in [-0.2, -0.15) is 0 Å². The van der Waals surface area contributed by atoms with Crippen molar-refractivity contribution in [1.29, 1.82) is 0 Å². The molecule has 1 aromatic carbocycles. The normalized spacial score (nSPS) is 11.2. The predicted octanol–water partition coefficient (Wildman–Crippen LogP) is 4.00. The molecule has 0 aliphatic heterocycles. The smallest absolute Gasteiger partial charge is 0.265 e. The van der Waals surface area contributed by atoms with E-state index in [1.165, 1.54) is 11.3 Å². The molecule has 1 amide bonds. The minimum Gasteiger partial charge on any atom is -0.342 e. The van der Waals surface area contributed by atoms with Crippen molar-refractivity contribution in [3.05, 3.63) is 46.4 Å². The summed E-state index contributed by atoms with van der Waals surface area (Å²) < 4.78 is 0. The zero-order chi connectivity index (χ0) is 14.1. The third kappa shape index (κ3) is 2.44. The van der Waals surface area contributed by atoms with Crippen molar-refractivity contribution in [3.8, 4) is 0 Å². The largest absolute Gasteiger partial charge is 0.342 e. The Balaban J connectivity index is 1.87. The molecule has 20 heavy (non-hydrogen) atoms. The molecule has 0 aliphatic rings. The summed E-state index contributed by atoms with van der Waals surface area (Å²) in [5.74, 6) is 1.23. The number of hydrogen-bond acceptors (Lipinski definition) is 3. The highest BCUT2D eigenvalue weighted by atomic mass is 32.1. The van der Waals surface area contributed by atoms with Crippen LogP contribution in [0.1, 0.15) is 35.3 Å². The Labute approximate surface area is 120 Å². The van der Waals surface area contributed by atoms with Gasteiger partial charge in [0.15, 0.2) is 0 Å². The van der Waals surface area contributed by atoms with Gasteiger partial charge in [0, 0.05) is 11.6 Å². The van der Waals surface area contributed by atoms with Crippen molar-refractivity contribution >= 4 is 34.0 Å². The Kier molecular flexibility index (Phi) is 3.28. The second-order valence-corrected chi connectivity index (χ2v) is 5.89. The summed E-state index contributed by atoms with van der Waals surface area (Å²) in [6.45, 7) is 4.19. The standard InChI is InChI=1S/C15H15N3OS/c1-9(2)14-17-11-6-5-10(8-12(11)18-14)16-15(19)13-4-3-7-20-13/h3-9H,1-2H3,(H,16,19)(H,17,18). The molecule has 0 aliphatic carbocycles. The van der Waals surface area contributed by atoms with E-state index in [2.05, 4.69) is 29.1 Å². The summed E-state index contributed by atoms with van der Waals surface area (Å²) in [6, 6.07) is 9.39. The molecule has 0 atom stereocenters. The molecule has 0 saturated carbocycles. The minimum absolute atomic E-state index is 0.0806. The lowest BCUT2D eigenvalue weighted by atomic mass is 10.2. The van der Waals surface area contributed by atoms with E-state index >= 15 is 0 Å². The van der Waals surface area contributed by atoms with Crippen LogP contribution in [-0.4, -0.2) is 15.9 Å². The molecule has 4 nitrogen and oxygen atoms in total. The fraction of sp³-hybridized carbons (Fsp3) is 0.200. The Morgan fingerprint density at radius 3 is 2.90 bits per heavy atom. The average Bonchev–Trinajstić information content (AvgIpc) is 3.07. The molecule has 0 fully saturated rings. The van der Waals surface area contributed by atoms with E-state index in [0.717, 1.165) is 22.5 Å². The number of thiophene rings is 1. The number of fused-ring (bicyclic) bond motifs is 1. The van der Waals surface area contributed by atoms with Crippen LogP contribution >= 0.6 is 11.3 Å². The molecule has 5 heteroatoms. The van der Waals surface area contributed by atoms with Crippen molar-refractivity contribution in [2.24, 2.45) is 0 Å². The average molecular weight is 285 g/mol. The number of hydrogen-bond donors (Lipinski definition) is 2. The van der Waals surface area contributed by atoms with Crippen LogP contribution < -0.4 is 5.32 Å². The van der Waals surface area contributed by atoms with Gasteiger partial charge in [0.2, 0.25) is 0 Å². The van der Waals surface area contributed by atoms with Crippen molar-refractivity contribution < 1.29 is 4.79 Å². The molecule has 0 radical (unpaired) electrons. The number of carbonyl (C=O) groups excluding carboxylic acids is 1. The number of rotatable bonds is 3. The maximum atomic E-state index is 12.0. The molecular weight excluding hydrogens is 270 g/mol. The van der Waals surface area contributed by atoms with Gasteiger partial charge in [-0.15, -0.1) is 11.3 Å². The highest BCUT2D eigenvalue weighted by molar-refractivity contribution is 7.12. The van der Waals surface area contributed by atoms with Gasteiger partial charge in [0.25, 0.3) is 5.91 Å². The highest BCUT2D eigenvalue weighted by Crippen LogP contribution is 2.21. The first-order valence-corrected chi connectivity index (χ1v) is 7.36. The molecule has 2 aromatic heterocycles. The summed E-state index contributed by atoms with van der Waals surface area (Å²) in [5, 5.41) is 4.79. The predicted molar refractivity (Wildman–Crippen MR) is 82.5 cm³/mol. The van der Waals surface area contributed by atoms with Crippen molar-refractivity contribution in [1.82, 2.24) is 9.97 Å². The number of imidazole rings is 1. The second-order valence-electron chi connectivity index (χ2n) is 4.94. The number of nitrogens with zero attached hydrogens (tertiary/aromatic N) is 1. The van der Waals surface area contributed by atoms with Crippen LogP contribution in [0, 0.1) is 0 Å².